The normalized spacial score (nSPS) is 14.9. The second-order valence-electron chi connectivity index (χ2n) is 4.31. The number of nitrogens with zero attached hydrogens (tertiary/aromatic N) is 1. The van der Waals surface area contributed by atoms with Crippen LogP contribution in [-0.4, -0.2) is 21.7 Å². The van der Waals surface area contributed by atoms with Crippen LogP contribution in [0.2, 0.25) is 0 Å². The molecule has 0 amide bonds. The summed E-state index contributed by atoms with van der Waals surface area (Å²) in [5, 5.41) is 9.80. The molecule has 1 aromatic carbocycles. The highest BCUT2D eigenvalue weighted by Crippen LogP contribution is 2.15. The first kappa shape index (κ1) is 13.3. The summed E-state index contributed by atoms with van der Waals surface area (Å²) in [5.41, 5.74) is 0.769. The molecule has 0 radical (unpaired) electrons. The van der Waals surface area contributed by atoms with Gasteiger partial charge in [0.2, 0.25) is 5.91 Å². The van der Waals surface area contributed by atoms with E-state index in [0.717, 1.165) is 4.57 Å². The third-order valence-corrected chi connectivity index (χ3v) is 3.00. The second kappa shape index (κ2) is 5.24. The van der Waals surface area contributed by atoms with Crippen LogP contribution < -0.4 is 5.76 Å². The van der Waals surface area contributed by atoms with Gasteiger partial charge in [0, 0.05) is 0 Å². The van der Waals surface area contributed by atoms with E-state index in [1.807, 2.05) is 0 Å². The Morgan fingerprint density at radius 3 is 2.79 bits per heavy atom. The molecule has 2 aromatic rings. The number of hydrogen-bond donors (Lipinski definition) is 1. The summed E-state index contributed by atoms with van der Waals surface area (Å²) < 4.78 is 5.96. The van der Waals surface area contributed by atoms with Gasteiger partial charge in [-0.1, -0.05) is 31.2 Å². The number of allylic oxidation sites excluding steroid dienone is 1. The molecule has 2 atom stereocenters. The fourth-order valence-electron chi connectivity index (χ4n) is 1.89. The largest absolute Gasteiger partial charge is 0.426 e. The van der Waals surface area contributed by atoms with E-state index in [1.54, 1.807) is 44.2 Å². The molecule has 5 nitrogen and oxygen atoms in total. The van der Waals surface area contributed by atoms with Crippen molar-refractivity contribution in [2.75, 3.05) is 0 Å². The lowest BCUT2D eigenvalue weighted by Gasteiger charge is -2.13. The number of aromatic nitrogens is 1. The third kappa shape index (κ3) is 2.37. The molecule has 19 heavy (non-hydrogen) atoms. The van der Waals surface area contributed by atoms with Crippen LogP contribution in [0.3, 0.4) is 0 Å². The van der Waals surface area contributed by atoms with E-state index in [-0.39, 0.29) is 0 Å². The first-order valence-electron chi connectivity index (χ1n) is 6.02. The third-order valence-electron chi connectivity index (χ3n) is 3.00. The Labute approximate surface area is 109 Å². The first-order valence-corrected chi connectivity index (χ1v) is 6.02. The molecule has 1 N–H and O–H groups in total. The Morgan fingerprint density at radius 1 is 1.42 bits per heavy atom. The minimum Gasteiger partial charge on any atom is -0.407 e. The molecule has 0 aliphatic carbocycles. The lowest BCUT2D eigenvalue weighted by atomic mass is 10.0. The van der Waals surface area contributed by atoms with Gasteiger partial charge >= 0.3 is 5.76 Å². The Morgan fingerprint density at radius 2 is 2.11 bits per heavy atom. The standard InChI is InChI=1S/C14H15NO4/c1-3-6-11(16)9(2)13(17)15-10-7-4-5-8-12(10)19-14(15)18/h3-9,11,16H,1-2H3/b6-3+. The highest BCUT2D eigenvalue weighted by atomic mass is 16.4. The fourth-order valence-corrected chi connectivity index (χ4v) is 1.89. The van der Waals surface area contributed by atoms with Crippen molar-refractivity contribution < 1.29 is 14.3 Å². The SMILES string of the molecule is C/C=C/C(O)C(C)C(=O)n1c(=O)oc2ccccc21. The number of rotatable bonds is 3. The van der Waals surface area contributed by atoms with Gasteiger partial charge in [0.15, 0.2) is 5.58 Å². The summed E-state index contributed by atoms with van der Waals surface area (Å²) >= 11 is 0. The number of hydrogen-bond acceptors (Lipinski definition) is 4. The molecule has 100 valence electrons. The quantitative estimate of drug-likeness (QED) is 0.855. The van der Waals surface area contributed by atoms with Crippen molar-refractivity contribution in [1.82, 2.24) is 4.57 Å². The molecule has 0 spiro atoms. The average molecular weight is 261 g/mol. The molecular formula is C14H15NO4. The van der Waals surface area contributed by atoms with E-state index >= 15 is 0 Å². The summed E-state index contributed by atoms with van der Waals surface area (Å²) in [6, 6.07) is 6.69. The van der Waals surface area contributed by atoms with Crippen LogP contribution in [0.1, 0.15) is 18.6 Å². The number of oxazole rings is 1. The Hall–Kier alpha value is -2.14. The number of fused-ring (bicyclic) bond motifs is 1. The van der Waals surface area contributed by atoms with E-state index in [2.05, 4.69) is 0 Å². The Bertz CT molecular complexity index is 680. The Balaban J connectivity index is 2.47. The summed E-state index contributed by atoms with van der Waals surface area (Å²) in [6.07, 6.45) is 2.23. The number of carbonyl (C=O) groups excluding carboxylic acids is 1. The van der Waals surface area contributed by atoms with Gasteiger partial charge in [-0.15, -0.1) is 0 Å². The fraction of sp³-hybridized carbons (Fsp3) is 0.286. The number of aliphatic hydroxyl groups is 1. The molecule has 0 aliphatic rings. The van der Waals surface area contributed by atoms with Crippen molar-refractivity contribution in [3.05, 3.63) is 47.0 Å². The van der Waals surface area contributed by atoms with Crippen molar-refractivity contribution in [2.45, 2.75) is 20.0 Å². The van der Waals surface area contributed by atoms with Gasteiger partial charge in [0.1, 0.15) is 0 Å². The number of carbonyl (C=O) groups is 1. The smallest absolute Gasteiger partial charge is 0.407 e. The number of benzene rings is 1. The number of aliphatic hydroxyl groups excluding tert-OH is 1. The number of para-hydroxylation sites is 2. The van der Waals surface area contributed by atoms with Gasteiger partial charge in [0.05, 0.1) is 17.5 Å². The van der Waals surface area contributed by atoms with Crippen molar-refractivity contribution in [2.24, 2.45) is 5.92 Å². The summed E-state index contributed by atoms with van der Waals surface area (Å²) in [5.74, 6) is -1.94. The van der Waals surface area contributed by atoms with Crippen LogP contribution >= 0.6 is 0 Å². The molecule has 0 fully saturated rings. The Kier molecular flexibility index (Phi) is 3.66. The van der Waals surface area contributed by atoms with Crippen LogP contribution in [0.15, 0.2) is 45.6 Å². The zero-order valence-corrected chi connectivity index (χ0v) is 10.7. The van der Waals surface area contributed by atoms with E-state index in [4.69, 9.17) is 4.42 Å². The van der Waals surface area contributed by atoms with E-state index in [1.165, 1.54) is 6.08 Å². The van der Waals surface area contributed by atoms with E-state index in [9.17, 15) is 14.7 Å². The van der Waals surface area contributed by atoms with Crippen molar-refractivity contribution >= 4 is 17.0 Å². The van der Waals surface area contributed by atoms with Crippen LogP contribution in [0.5, 0.6) is 0 Å². The van der Waals surface area contributed by atoms with Crippen LogP contribution in [0, 0.1) is 5.92 Å². The van der Waals surface area contributed by atoms with Gasteiger partial charge in [-0.25, -0.2) is 9.36 Å². The highest BCUT2D eigenvalue weighted by Gasteiger charge is 2.25. The van der Waals surface area contributed by atoms with Gasteiger partial charge in [-0.05, 0) is 19.1 Å². The summed E-state index contributed by atoms with van der Waals surface area (Å²) in [7, 11) is 0. The minimum absolute atomic E-state index is 0.355. The molecule has 0 bridgehead atoms. The second-order valence-corrected chi connectivity index (χ2v) is 4.31. The molecule has 1 aromatic heterocycles. The van der Waals surface area contributed by atoms with Gasteiger partial charge in [-0.3, -0.25) is 4.79 Å². The van der Waals surface area contributed by atoms with Crippen molar-refractivity contribution in [3.63, 3.8) is 0 Å². The monoisotopic (exact) mass is 261 g/mol. The molecule has 2 rings (SSSR count). The molecule has 1 heterocycles. The van der Waals surface area contributed by atoms with Crippen molar-refractivity contribution in [3.8, 4) is 0 Å². The minimum atomic E-state index is -0.932. The molecule has 0 saturated carbocycles. The zero-order chi connectivity index (χ0) is 14.0. The average Bonchev–Trinajstić information content (AvgIpc) is 2.73. The van der Waals surface area contributed by atoms with Gasteiger partial charge in [-0.2, -0.15) is 0 Å². The summed E-state index contributed by atoms with van der Waals surface area (Å²) in [6.45, 7) is 3.32. The summed E-state index contributed by atoms with van der Waals surface area (Å²) in [4.78, 5) is 24.0. The maximum absolute atomic E-state index is 12.3. The lowest BCUT2D eigenvalue weighted by Crippen LogP contribution is -2.33. The maximum Gasteiger partial charge on any atom is 0.426 e. The predicted molar refractivity (Wildman–Crippen MR) is 71.1 cm³/mol. The molecule has 0 aliphatic heterocycles. The zero-order valence-electron chi connectivity index (χ0n) is 10.7. The van der Waals surface area contributed by atoms with Crippen LogP contribution in [-0.2, 0) is 0 Å². The van der Waals surface area contributed by atoms with Crippen molar-refractivity contribution in [1.29, 1.82) is 0 Å². The first-order chi connectivity index (χ1) is 9.06. The maximum atomic E-state index is 12.3. The van der Waals surface area contributed by atoms with E-state index in [0.29, 0.717) is 11.1 Å². The lowest BCUT2D eigenvalue weighted by molar-refractivity contribution is 0.0714. The predicted octanol–water partition coefficient (Wildman–Crippen LogP) is 1.81. The van der Waals surface area contributed by atoms with Crippen LogP contribution in [0.25, 0.3) is 11.1 Å². The molecule has 5 heteroatoms. The highest BCUT2D eigenvalue weighted by molar-refractivity contribution is 5.90. The molecular weight excluding hydrogens is 246 g/mol. The van der Waals surface area contributed by atoms with Crippen LogP contribution in [0.4, 0.5) is 0 Å². The van der Waals surface area contributed by atoms with Gasteiger partial charge < -0.3 is 9.52 Å². The molecule has 0 saturated heterocycles. The van der Waals surface area contributed by atoms with Gasteiger partial charge in [0.25, 0.3) is 0 Å². The topological polar surface area (TPSA) is 72.4 Å². The van der Waals surface area contributed by atoms with E-state index < -0.39 is 23.7 Å². The molecule has 2 unspecified atom stereocenters.